The maximum atomic E-state index is 12.9. The first-order chi connectivity index (χ1) is 8.38. The summed E-state index contributed by atoms with van der Waals surface area (Å²) in [5.41, 5.74) is 4.85. The fourth-order valence-electron chi connectivity index (χ4n) is 1.68. The minimum absolute atomic E-state index is 0.0169. The molecule has 94 valence electrons. The molecule has 0 amide bonds. The maximum absolute atomic E-state index is 12.9. The molecule has 0 aliphatic heterocycles. The van der Waals surface area contributed by atoms with Gasteiger partial charge in [-0.1, -0.05) is 18.2 Å². The summed E-state index contributed by atoms with van der Waals surface area (Å²) >= 11 is 0. The van der Waals surface area contributed by atoms with Crippen LogP contribution in [0.5, 0.6) is 0 Å². The van der Waals surface area contributed by atoms with Gasteiger partial charge in [-0.15, -0.1) is 0 Å². The lowest BCUT2D eigenvalue weighted by molar-refractivity contribution is -0.137. The van der Waals surface area contributed by atoms with Crippen molar-refractivity contribution in [3.63, 3.8) is 0 Å². The summed E-state index contributed by atoms with van der Waals surface area (Å²) in [5, 5.41) is 0. The number of rotatable bonds is 1. The van der Waals surface area contributed by atoms with E-state index in [2.05, 4.69) is 0 Å². The predicted octanol–water partition coefficient (Wildman–Crippen LogP) is 4.09. The van der Waals surface area contributed by atoms with Crippen molar-refractivity contribution in [3.8, 4) is 11.1 Å². The second kappa shape index (κ2) is 4.33. The Morgan fingerprint density at radius 3 is 2.06 bits per heavy atom. The molecule has 0 fully saturated rings. The van der Waals surface area contributed by atoms with Crippen LogP contribution in [0.4, 0.5) is 23.2 Å². The lowest BCUT2D eigenvalue weighted by atomic mass is 9.98. The molecule has 0 aromatic heterocycles. The number of benzene rings is 2. The van der Waals surface area contributed by atoms with Gasteiger partial charge in [0.2, 0.25) is 0 Å². The number of anilines is 1. The van der Waals surface area contributed by atoms with Gasteiger partial charge in [0.15, 0.2) is 0 Å². The number of hydrogen-bond acceptors (Lipinski definition) is 1. The normalized spacial score (nSPS) is 11.6. The first-order valence-electron chi connectivity index (χ1n) is 5.10. The Bertz CT molecular complexity index is 558. The van der Waals surface area contributed by atoms with Crippen molar-refractivity contribution in [1.82, 2.24) is 0 Å². The van der Waals surface area contributed by atoms with Gasteiger partial charge < -0.3 is 5.73 Å². The van der Waals surface area contributed by atoms with Gasteiger partial charge >= 0.3 is 6.18 Å². The van der Waals surface area contributed by atoms with Gasteiger partial charge in [-0.3, -0.25) is 0 Å². The van der Waals surface area contributed by atoms with Crippen LogP contribution in [-0.2, 0) is 6.18 Å². The van der Waals surface area contributed by atoms with Crippen molar-refractivity contribution in [3.05, 3.63) is 53.8 Å². The van der Waals surface area contributed by atoms with Gasteiger partial charge in [-0.05, 0) is 35.4 Å². The fourth-order valence-corrected chi connectivity index (χ4v) is 1.68. The van der Waals surface area contributed by atoms with Crippen molar-refractivity contribution in [2.45, 2.75) is 6.18 Å². The largest absolute Gasteiger partial charge is 0.417 e. The van der Waals surface area contributed by atoms with Crippen molar-refractivity contribution in [2.75, 3.05) is 5.73 Å². The monoisotopic (exact) mass is 255 g/mol. The molecule has 2 aromatic rings. The molecular formula is C13H9F4N. The Morgan fingerprint density at radius 1 is 0.889 bits per heavy atom. The number of nitrogen functional groups attached to an aromatic ring is 1. The zero-order chi connectivity index (χ0) is 13.3. The molecule has 0 heterocycles. The Labute approximate surface area is 101 Å². The molecule has 0 aliphatic carbocycles. The minimum atomic E-state index is -4.50. The predicted molar refractivity (Wildman–Crippen MR) is 61.3 cm³/mol. The summed E-state index contributed by atoms with van der Waals surface area (Å²) in [6.07, 6.45) is -4.50. The summed E-state index contributed by atoms with van der Waals surface area (Å²) in [5.74, 6) is -0.497. The zero-order valence-electron chi connectivity index (χ0n) is 9.13. The molecule has 0 radical (unpaired) electrons. The van der Waals surface area contributed by atoms with Crippen LogP contribution in [0, 0.1) is 5.82 Å². The molecule has 18 heavy (non-hydrogen) atoms. The molecule has 1 nitrogen and oxygen atoms in total. The molecule has 5 heteroatoms. The smallest absolute Gasteiger partial charge is 0.399 e. The highest BCUT2D eigenvalue weighted by atomic mass is 19.4. The third kappa shape index (κ3) is 2.45. The second-order valence-corrected chi connectivity index (χ2v) is 3.81. The van der Waals surface area contributed by atoms with E-state index in [1.807, 2.05) is 0 Å². The summed E-state index contributed by atoms with van der Waals surface area (Å²) in [4.78, 5) is 0. The van der Waals surface area contributed by atoms with Crippen LogP contribution in [0.3, 0.4) is 0 Å². The zero-order valence-corrected chi connectivity index (χ0v) is 9.13. The van der Waals surface area contributed by atoms with Crippen LogP contribution in [0.25, 0.3) is 11.1 Å². The van der Waals surface area contributed by atoms with Crippen LogP contribution >= 0.6 is 0 Å². The lowest BCUT2D eigenvalue weighted by Crippen LogP contribution is -2.08. The van der Waals surface area contributed by atoms with Crippen LogP contribution < -0.4 is 5.73 Å². The van der Waals surface area contributed by atoms with Gasteiger partial charge in [0.1, 0.15) is 5.82 Å². The number of nitrogens with two attached hydrogens (primary N) is 1. The Kier molecular flexibility index (Phi) is 2.98. The van der Waals surface area contributed by atoms with E-state index in [-0.39, 0.29) is 11.3 Å². The maximum Gasteiger partial charge on any atom is 0.417 e. The average molecular weight is 255 g/mol. The van der Waals surface area contributed by atoms with Crippen molar-refractivity contribution in [1.29, 1.82) is 0 Å². The van der Waals surface area contributed by atoms with E-state index in [9.17, 15) is 17.6 Å². The number of hydrogen-bond donors (Lipinski definition) is 1. The molecule has 2 rings (SSSR count). The molecule has 0 unspecified atom stereocenters. The van der Waals surface area contributed by atoms with Gasteiger partial charge in [-0.25, -0.2) is 4.39 Å². The van der Waals surface area contributed by atoms with E-state index in [0.29, 0.717) is 5.56 Å². The highest BCUT2D eigenvalue weighted by Gasteiger charge is 2.33. The molecule has 2 aromatic carbocycles. The highest BCUT2D eigenvalue weighted by Crippen LogP contribution is 2.38. The quantitative estimate of drug-likeness (QED) is 0.602. The minimum Gasteiger partial charge on any atom is -0.399 e. The SMILES string of the molecule is Nc1ccc(-c2ccc(F)cc2)c(C(F)(F)F)c1. The van der Waals surface area contributed by atoms with Gasteiger partial charge in [0, 0.05) is 5.69 Å². The molecule has 0 bridgehead atoms. The molecule has 0 atom stereocenters. The molecule has 0 saturated heterocycles. The third-order valence-electron chi connectivity index (χ3n) is 2.50. The van der Waals surface area contributed by atoms with Crippen molar-refractivity contribution in [2.24, 2.45) is 0 Å². The van der Waals surface area contributed by atoms with E-state index in [0.717, 1.165) is 18.2 Å². The summed E-state index contributed by atoms with van der Waals surface area (Å²) in [7, 11) is 0. The molecule has 0 spiro atoms. The Hall–Kier alpha value is -2.04. The summed E-state index contributed by atoms with van der Waals surface area (Å²) in [6.45, 7) is 0. The number of halogens is 4. The standard InChI is InChI=1S/C13H9F4N/c14-9-3-1-8(2-4-9)11-6-5-10(18)7-12(11)13(15,16)17/h1-7H,18H2. The first kappa shape index (κ1) is 12.4. The number of alkyl halides is 3. The average Bonchev–Trinajstić information content (AvgIpc) is 2.29. The first-order valence-corrected chi connectivity index (χ1v) is 5.10. The summed E-state index contributed by atoms with van der Waals surface area (Å²) < 4.78 is 51.3. The second-order valence-electron chi connectivity index (χ2n) is 3.81. The van der Waals surface area contributed by atoms with E-state index in [1.165, 1.54) is 24.3 Å². The van der Waals surface area contributed by atoms with E-state index in [4.69, 9.17) is 5.73 Å². The van der Waals surface area contributed by atoms with Crippen LogP contribution in [-0.4, -0.2) is 0 Å². The van der Waals surface area contributed by atoms with E-state index >= 15 is 0 Å². The molecule has 2 N–H and O–H groups in total. The topological polar surface area (TPSA) is 26.0 Å². The Balaban J connectivity index is 2.60. The van der Waals surface area contributed by atoms with Gasteiger partial charge in [0.25, 0.3) is 0 Å². The fraction of sp³-hybridized carbons (Fsp3) is 0.0769. The molecular weight excluding hydrogens is 246 g/mol. The molecule has 0 saturated carbocycles. The van der Waals surface area contributed by atoms with Crippen LogP contribution in [0.1, 0.15) is 5.56 Å². The third-order valence-corrected chi connectivity index (χ3v) is 2.50. The highest BCUT2D eigenvalue weighted by molar-refractivity contribution is 5.70. The van der Waals surface area contributed by atoms with Gasteiger partial charge in [0.05, 0.1) is 5.56 Å². The van der Waals surface area contributed by atoms with Crippen molar-refractivity contribution >= 4 is 5.69 Å². The van der Waals surface area contributed by atoms with Gasteiger partial charge in [-0.2, -0.15) is 13.2 Å². The van der Waals surface area contributed by atoms with E-state index < -0.39 is 17.6 Å². The van der Waals surface area contributed by atoms with E-state index in [1.54, 1.807) is 0 Å². The Morgan fingerprint density at radius 2 is 1.50 bits per heavy atom. The van der Waals surface area contributed by atoms with Crippen LogP contribution in [0.2, 0.25) is 0 Å². The summed E-state index contributed by atoms with van der Waals surface area (Å²) in [6, 6.07) is 8.38. The van der Waals surface area contributed by atoms with Crippen LogP contribution in [0.15, 0.2) is 42.5 Å². The van der Waals surface area contributed by atoms with Crippen molar-refractivity contribution < 1.29 is 17.6 Å². The molecule has 0 aliphatic rings. The lowest BCUT2D eigenvalue weighted by Gasteiger charge is -2.13.